The van der Waals surface area contributed by atoms with Crippen LogP contribution in [0.15, 0.2) is 109 Å². The van der Waals surface area contributed by atoms with Crippen molar-refractivity contribution in [2.75, 3.05) is 0 Å². The molecular weight excluding hydrogens is 719 g/mol. The quantitative estimate of drug-likeness (QED) is 0.0961. The molecule has 0 aliphatic rings. The fraction of sp³-hybridized carbons (Fsp3) is 0.318. The predicted octanol–water partition coefficient (Wildman–Crippen LogP) is 14.4. The predicted molar refractivity (Wildman–Crippen MR) is 215 cm³/mol. The molecule has 0 N–H and O–H groups in total. The molecule has 6 rings (SSSR count). The van der Waals surface area contributed by atoms with Gasteiger partial charge in [-0.3, -0.25) is 0 Å². The van der Waals surface area contributed by atoms with Gasteiger partial charge in [-0.15, -0.1) is 69.1 Å². The molecular formula is C44H52Cl2SiZr. The van der Waals surface area contributed by atoms with Crippen LogP contribution in [0.4, 0.5) is 0 Å². The second-order valence-corrected chi connectivity index (χ2v) is 17.0. The summed E-state index contributed by atoms with van der Waals surface area (Å²) in [6, 6.07) is 40.8. The van der Waals surface area contributed by atoms with Crippen molar-refractivity contribution in [3.63, 3.8) is 0 Å². The van der Waals surface area contributed by atoms with Gasteiger partial charge in [0, 0.05) is 9.52 Å². The van der Waals surface area contributed by atoms with E-state index in [1.54, 1.807) is 0 Å². The van der Waals surface area contributed by atoms with E-state index < -0.39 is 20.8 Å². The fourth-order valence-electron chi connectivity index (χ4n) is 5.97. The van der Waals surface area contributed by atoms with Crippen LogP contribution in [0.25, 0.3) is 43.8 Å². The molecule has 0 aromatic heterocycles. The summed E-state index contributed by atoms with van der Waals surface area (Å²) < 4.78 is 0. The van der Waals surface area contributed by atoms with E-state index in [1.807, 2.05) is 0 Å². The zero-order chi connectivity index (χ0) is 34.7. The van der Waals surface area contributed by atoms with Crippen molar-refractivity contribution in [2.45, 2.75) is 92.2 Å². The van der Waals surface area contributed by atoms with E-state index in [1.165, 1.54) is 105 Å². The number of unbranched alkanes of at least 4 members (excludes halogenated alkanes) is 2. The number of rotatable bonds is 10. The topological polar surface area (TPSA) is 0 Å². The Balaban J connectivity index is 0.000000224. The average molecular weight is 771 g/mol. The SMILES string of the molecule is CCCCc1ccc(-c2cccc3[cH-]c(CC)cc23)cc1.CCCCc1ccc(-c2cccc3[cH-]c(CC)cc23)cc1.C[Si]C.[Cl][Zr+2][Cl]. The summed E-state index contributed by atoms with van der Waals surface area (Å²) in [5.41, 5.74) is 11.1. The second-order valence-electron chi connectivity index (χ2n) is 12.2. The summed E-state index contributed by atoms with van der Waals surface area (Å²) in [6.07, 6.45) is 9.65. The molecule has 0 nitrogen and oxygen atoms in total. The summed E-state index contributed by atoms with van der Waals surface area (Å²) in [4.78, 5) is 0. The van der Waals surface area contributed by atoms with E-state index in [2.05, 4.69) is 150 Å². The monoisotopic (exact) mass is 768 g/mol. The molecule has 0 aliphatic carbocycles. The number of benzene rings is 4. The molecule has 6 aromatic rings. The van der Waals surface area contributed by atoms with E-state index in [-0.39, 0.29) is 0 Å². The van der Waals surface area contributed by atoms with E-state index in [4.69, 9.17) is 17.0 Å². The zero-order valence-corrected chi connectivity index (χ0v) is 34.8. The average Bonchev–Trinajstić information content (AvgIpc) is 3.76. The number of hydrogen-bond acceptors (Lipinski definition) is 0. The van der Waals surface area contributed by atoms with Crippen molar-refractivity contribution in [1.29, 1.82) is 0 Å². The van der Waals surface area contributed by atoms with Gasteiger partial charge in [0.1, 0.15) is 0 Å². The third-order valence-electron chi connectivity index (χ3n) is 8.61. The summed E-state index contributed by atoms with van der Waals surface area (Å²) in [6.45, 7) is 13.2. The van der Waals surface area contributed by atoms with Gasteiger partial charge < -0.3 is 0 Å². The van der Waals surface area contributed by atoms with Crippen molar-refractivity contribution in [3.8, 4) is 22.3 Å². The van der Waals surface area contributed by atoms with Crippen LogP contribution in [0.3, 0.4) is 0 Å². The standard InChI is InChI=1S/2C21H23.C2H6Si.2ClH.Zr/c2*1-3-5-7-17-10-12-18(13-11-17)20-9-6-8-19-14-16(4-2)15-21(19)20;1-3-2;;;/h2*6,8-15H,3-5,7H2,1-2H3;1-2H3;2*1H;/q2*-1;;;;+4/p-2. The van der Waals surface area contributed by atoms with Crippen molar-refractivity contribution < 1.29 is 20.8 Å². The van der Waals surface area contributed by atoms with Crippen LogP contribution in [-0.2, 0) is 46.5 Å². The van der Waals surface area contributed by atoms with Crippen molar-refractivity contribution in [3.05, 3.63) is 131 Å². The van der Waals surface area contributed by atoms with Crippen LogP contribution < -0.4 is 0 Å². The maximum absolute atomic E-state index is 4.93. The van der Waals surface area contributed by atoms with Gasteiger partial charge in [-0.1, -0.05) is 125 Å². The number of halogens is 2. The molecule has 0 bridgehead atoms. The van der Waals surface area contributed by atoms with Gasteiger partial charge in [-0.25, -0.2) is 0 Å². The summed E-state index contributed by atoms with van der Waals surface area (Å²) in [5, 5.41) is 5.49. The van der Waals surface area contributed by atoms with Crippen LogP contribution in [0, 0.1) is 0 Å². The molecule has 6 aromatic carbocycles. The Morgan fingerprint density at radius 2 is 0.917 bits per heavy atom. The normalized spacial score (nSPS) is 10.3. The van der Waals surface area contributed by atoms with Crippen LogP contribution >= 0.6 is 17.0 Å². The molecule has 4 heteroatoms. The molecule has 0 spiro atoms. The molecule has 0 fully saturated rings. The van der Waals surface area contributed by atoms with Crippen molar-refractivity contribution in [1.82, 2.24) is 0 Å². The molecule has 0 atom stereocenters. The molecule has 0 heterocycles. The van der Waals surface area contributed by atoms with Crippen LogP contribution in [0.2, 0.25) is 13.1 Å². The number of hydrogen-bond donors (Lipinski definition) is 0. The molecule has 0 unspecified atom stereocenters. The zero-order valence-electron chi connectivity index (χ0n) is 29.8. The molecule has 0 aliphatic heterocycles. The Bertz CT molecular complexity index is 1610. The second kappa shape index (κ2) is 22.5. The molecule has 0 amide bonds. The van der Waals surface area contributed by atoms with Crippen molar-refractivity contribution in [2.24, 2.45) is 0 Å². The van der Waals surface area contributed by atoms with E-state index in [0.29, 0.717) is 0 Å². The summed E-state index contributed by atoms with van der Waals surface area (Å²) in [5.74, 6) is 0. The molecule has 250 valence electrons. The van der Waals surface area contributed by atoms with Crippen LogP contribution in [0.1, 0.15) is 75.6 Å². The van der Waals surface area contributed by atoms with E-state index >= 15 is 0 Å². The Morgan fingerprint density at radius 1 is 0.562 bits per heavy atom. The third-order valence-corrected chi connectivity index (χ3v) is 8.61. The number of aryl methyl sites for hydroxylation is 4. The van der Waals surface area contributed by atoms with Gasteiger partial charge in [0.05, 0.1) is 0 Å². The Kier molecular flexibility index (Phi) is 18.8. The molecule has 2 radical (unpaired) electrons. The maximum atomic E-state index is 4.93. The van der Waals surface area contributed by atoms with Gasteiger partial charge in [0.15, 0.2) is 0 Å². The Hall–Kier alpha value is -2.22. The minimum atomic E-state index is -0.826. The first-order valence-electron chi connectivity index (χ1n) is 17.6. The van der Waals surface area contributed by atoms with Gasteiger partial charge in [-0.2, -0.15) is 12.1 Å². The van der Waals surface area contributed by atoms with Crippen LogP contribution in [-0.4, -0.2) is 9.52 Å². The first kappa shape index (κ1) is 40.2. The van der Waals surface area contributed by atoms with Crippen molar-refractivity contribution >= 4 is 48.1 Å². The minimum absolute atomic E-state index is 0.826. The number of fused-ring (bicyclic) bond motifs is 2. The van der Waals surface area contributed by atoms with E-state index in [9.17, 15) is 0 Å². The van der Waals surface area contributed by atoms with Gasteiger partial charge in [0.2, 0.25) is 0 Å². The van der Waals surface area contributed by atoms with Gasteiger partial charge in [0.25, 0.3) is 0 Å². The fourth-order valence-corrected chi connectivity index (χ4v) is 5.97. The molecule has 0 saturated carbocycles. The Labute approximate surface area is 312 Å². The summed E-state index contributed by atoms with van der Waals surface area (Å²) >= 11 is -0.826. The van der Waals surface area contributed by atoms with Gasteiger partial charge in [-0.05, 0) is 60.8 Å². The molecule has 48 heavy (non-hydrogen) atoms. The summed E-state index contributed by atoms with van der Waals surface area (Å²) in [7, 11) is 11.0. The van der Waals surface area contributed by atoms with Gasteiger partial charge >= 0.3 is 37.9 Å². The first-order chi connectivity index (χ1) is 23.5. The third kappa shape index (κ3) is 12.0. The van der Waals surface area contributed by atoms with Crippen LogP contribution in [0.5, 0.6) is 0 Å². The van der Waals surface area contributed by atoms with E-state index in [0.717, 1.165) is 22.4 Å². The Morgan fingerprint density at radius 3 is 1.23 bits per heavy atom. The molecule has 0 saturated heterocycles. The first-order valence-corrected chi connectivity index (χ1v) is 25.9.